The first-order chi connectivity index (χ1) is 10.4. The molecule has 0 aromatic carbocycles. The maximum Gasteiger partial charge on any atom is 0.322 e. The molecule has 118 valence electrons. The molecule has 0 saturated carbocycles. The second kappa shape index (κ2) is 5.66. The number of carbonyl (C=O) groups is 3. The van der Waals surface area contributed by atoms with Gasteiger partial charge in [-0.25, -0.2) is 4.79 Å². The third-order valence-corrected chi connectivity index (χ3v) is 5.92. The van der Waals surface area contributed by atoms with E-state index in [1.807, 2.05) is 11.4 Å². The normalized spacial score (nSPS) is 28.5. The number of nitrogens with one attached hydrogen (secondary N) is 2. The van der Waals surface area contributed by atoms with Gasteiger partial charge >= 0.3 is 6.03 Å². The zero-order valence-electron chi connectivity index (χ0n) is 12.0. The van der Waals surface area contributed by atoms with E-state index in [-0.39, 0.29) is 17.7 Å². The highest BCUT2D eigenvalue weighted by Gasteiger charge is 2.49. The fraction of sp³-hybridized carbons (Fsp3) is 0.500. The van der Waals surface area contributed by atoms with Crippen molar-refractivity contribution in [3.63, 3.8) is 0 Å². The highest BCUT2D eigenvalue weighted by Crippen LogP contribution is 2.31. The van der Waals surface area contributed by atoms with E-state index in [4.69, 9.17) is 0 Å². The standard InChI is InChI=1S/C14H16BrN3O3S/c1-14(12(20)16-13(21)17-14)9-3-2-4-18(6-9)11(19)8-5-10(15)22-7-8/h5,7,9H,2-4,6H2,1H3,(H2,16,17,20,21)/t9-,14-/m0/s1. The predicted molar refractivity (Wildman–Crippen MR) is 85.7 cm³/mol. The van der Waals surface area contributed by atoms with Crippen molar-refractivity contribution in [2.75, 3.05) is 13.1 Å². The zero-order chi connectivity index (χ0) is 15.9. The molecule has 2 N–H and O–H groups in total. The summed E-state index contributed by atoms with van der Waals surface area (Å²) >= 11 is 4.83. The molecule has 0 aliphatic carbocycles. The van der Waals surface area contributed by atoms with Crippen molar-refractivity contribution in [1.82, 2.24) is 15.5 Å². The summed E-state index contributed by atoms with van der Waals surface area (Å²) in [6.45, 7) is 2.87. The predicted octanol–water partition coefficient (Wildman–Crippen LogP) is 1.96. The molecule has 2 atom stereocenters. The topological polar surface area (TPSA) is 78.5 Å². The van der Waals surface area contributed by atoms with Crippen LogP contribution < -0.4 is 10.6 Å². The van der Waals surface area contributed by atoms with Crippen LogP contribution in [0.1, 0.15) is 30.1 Å². The molecule has 0 unspecified atom stereocenters. The number of rotatable bonds is 2. The number of urea groups is 1. The van der Waals surface area contributed by atoms with Crippen molar-refractivity contribution >= 4 is 45.1 Å². The largest absolute Gasteiger partial charge is 0.338 e. The summed E-state index contributed by atoms with van der Waals surface area (Å²) < 4.78 is 0.916. The van der Waals surface area contributed by atoms with Gasteiger partial charge in [-0.2, -0.15) is 0 Å². The highest BCUT2D eigenvalue weighted by molar-refractivity contribution is 9.11. The van der Waals surface area contributed by atoms with E-state index in [9.17, 15) is 14.4 Å². The fourth-order valence-electron chi connectivity index (χ4n) is 3.08. The monoisotopic (exact) mass is 385 g/mol. The summed E-state index contributed by atoms with van der Waals surface area (Å²) in [6, 6.07) is 1.35. The van der Waals surface area contributed by atoms with Crippen molar-refractivity contribution < 1.29 is 14.4 Å². The van der Waals surface area contributed by atoms with Gasteiger partial charge in [-0.15, -0.1) is 11.3 Å². The van der Waals surface area contributed by atoms with Crippen LogP contribution in [-0.4, -0.2) is 41.4 Å². The molecule has 0 radical (unpaired) electrons. The molecular weight excluding hydrogens is 370 g/mol. The molecular formula is C14H16BrN3O3S. The summed E-state index contributed by atoms with van der Waals surface area (Å²) in [6.07, 6.45) is 1.63. The lowest BCUT2D eigenvalue weighted by molar-refractivity contribution is -0.125. The molecule has 0 bridgehead atoms. The summed E-state index contributed by atoms with van der Waals surface area (Å²) in [5.41, 5.74) is -0.284. The molecule has 4 amide bonds. The van der Waals surface area contributed by atoms with E-state index >= 15 is 0 Å². The number of hydrogen-bond acceptors (Lipinski definition) is 4. The quantitative estimate of drug-likeness (QED) is 0.763. The van der Waals surface area contributed by atoms with Crippen LogP contribution in [0.25, 0.3) is 0 Å². The van der Waals surface area contributed by atoms with Gasteiger partial charge in [0.1, 0.15) is 5.54 Å². The van der Waals surface area contributed by atoms with Crippen LogP contribution in [-0.2, 0) is 4.79 Å². The Balaban J connectivity index is 1.76. The number of nitrogens with zero attached hydrogens (tertiary/aromatic N) is 1. The second-order valence-corrected chi connectivity index (χ2v) is 8.13. The lowest BCUT2D eigenvalue weighted by atomic mass is 9.80. The Morgan fingerprint density at radius 2 is 2.27 bits per heavy atom. The Morgan fingerprint density at radius 1 is 1.50 bits per heavy atom. The van der Waals surface area contributed by atoms with Gasteiger partial charge in [0.25, 0.3) is 11.8 Å². The first-order valence-corrected chi connectivity index (χ1v) is 8.74. The van der Waals surface area contributed by atoms with Gasteiger partial charge in [0.05, 0.1) is 9.35 Å². The molecule has 0 spiro atoms. The third-order valence-electron chi connectivity index (χ3n) is 4.41. The van der Waals surface area contributed by atoms with Crippen LogP contribution >= 0.6 is 27.3 Å². The Hall–Kier alpha value is -1.41. The van der Waals surface area contributed by atoms with Gasteiger partial charge in [0.2, 0.25) is 0 Å². The summed E-state index contributed by atoms with van der Waals surface area (Å²) in [5.74, 6) is -0.422. The Kier molecular flexibility index (Phi) is 3.98. The van der Waals surface area contributed by atoms with Crippen LogP contribution in [0, 0.1) is 5.92 Å². The zero-order valence-corrected chi connectivity index (χ0v) is 14.4. The van der Waals surface area contributed by atoms with Crippen molar-refractivity contribution in [3.05, 3.63) is 20.8 Å². The lowest BCUT2D eigenvalue weighted by Gasteiger charge is -2.39. The first-order valence-electron chi connectivity index (χ1n) is 7.07. The van der Waals surface area contributed by atoms with Gasteiger partial charge in [0, 0.05) is 24.4 Å². The molecule has 22 heavy (non-hydrogen) atoms. The van der Waals surface area contributed by atoms with E-state index in [0.29, 0.717) is 18.7 Å². The Labute approximate surface area is 140 Å². The average molecular weight is 386 g/mol. The van der Waals surface area contributed by atoms with E-state index < -0.39 is 11.6 Å². The summed E-state index contributed by atoms with van der Waals surface area (Å²) in [7, 11) is 0. The number of thiophene rings is 1. The smallest absolute Gasteiger partial charge is 0.322 e. The summed E-state index contributed by atoms with van der Waals surface area (Å²) in [4.78, 5) is 37.8. The first kappa shape index (κ1) is 15.5. The average Bonchev–Trinajstić information content (AvgIpc) is 3.03. The molecule has 2 saturated heterocycles. The van der Waals surface area contributed by atoms with Crippen molar-refractivity contribution in [2.45, 2.75) is 25.3 Å². The minimum atomic E-state index is -0.939. The van der Waals surface area contributed by atoms with Crippen LogP contribution in [0.2, 0.25) is 0 Å². The molecule has 3 rings (SSSR count). The Bertz CT molecular complexity index is 647. The van der Waals surface area contributed by atoms with Crippen LogP contribution in [0.5, 0.6) is 0 Å². The maximum absolute atomic E-state index is 12.5. The number of carbonyl (C=O) groups excluding carboxylic acids is 3. The molecule has 1 aromatic rings. The molecule has 6 nitrogen and oxygen atoms in total. The van der Waals surface area contributed by atoms with Crippen molar-refractivity contribution in [2.24, 2.45) is 5.92 Å². The molecule has 2 aliphatic rings. The van der Waals surface area contributed by atoms with Crippen LogP contribution in [0.3, 0.4) is 0 Å². The van der Waals surface area contributed by atoms with Crippen molar-refractivity contribution in [1.29, 1.82) is 0 Å². The minimum absolute atomic E-state index is 0.0278. The number of piperidine rings is 1. The summed E-state index contributed by atoms with van der Waals surface area (Å²) in [5, 5.41) is 6.82. The minimum Gasteiger partial charge on any atom is -0.338 e. The van der Waals surface area contributed by atoms with Gasteiger partial charge in [-0.3, -0.25) is 14.9 Å². The number of halogens is 1. The second-order valence-electron chi connectivity index (χ2n) is 5.84. The number of amides is 4. The van der Waals surface area contributed by atoms with Crippen molar-refractivity contribution in [3.8, 4) is 0 Å². The van der Waals surface area contributed by atoms with Gasteiger partial charge in [0.15, 0.2) is 0 Å². The fourth-order valence-corrected chi connectivity index (χ4v) is 4.21. The van der Waals surface area contributed by atoms with Gasteiger partial charge in [-0.05, 0) is 41.8 Å². The third kappa shape index (κ3) is 2.65. The van der Waals surface area contributed by atoms with Gasteiger partial charge in [-0.1, -0.05) is 0 Å². The Morgan fingerprint density at radius 3 is 2.86 bits per heavy atom. The molecule has 8 heteroatoms. The molecule has 1 aromatic heterocycles. The number of imide groups is 1. The lowest BCUT2D eigenvalue weighted by Crippen LogP contribution is -2.56. The maximum atomic E-state index is 12.5. The van der Waals surface area contributed by atoms with E-state index in [1.54, 1.807) is 11.8 Å². The van der Waals surface area contributed by atoms with Crippen LogP contribution in [0.4, 0.5) is 4.79 Å². The SMILES string of the molecule is C[C@@]1([C@H]2CCCN(C(=O)c3csc(Br)c3)C2)NC(=O)NC1=O. The molecule has 2 aliphatic heterocycles. The molecule has 2 fully saturated rings. The number of likely N-dealkylation sites (tertiary alicyclic amines) is 1. The van der Waals surface area contributed by atoms with Crippen LogP contribution in [0.15, 0.2) is 15.2 Å². The van der Waals surface area contributed by atoms with E-state index in [0.717, 1.165) is 16.6 Å². The molecule has 3 heterocycles. The highest BCUT2D eigenvalue weighted by atomic mass is 79.9. The van der Waals surface area contributed by atoms with E-state index in [1.165, 1.54) is 11.3 Å². The van der Waals surface area contributed by atoms with E-state index in [2.05, 4.69) is 26.6 Å². The number of hydrogen-bond donors (Lipinski definition) is 2. The van der Waals surface area contributed by atoms with Gasteiger partial charge < -0.3 is 10.2 Å².